The third-order valence-electron chi connectivity index (χ3n) is 2.26. The molecule has 0 amide bonds. The van der Waals surface area contributed by atoms with Gasteiger partial charge in [0.25, 0.3) is 5.60 Å². The first kappa shape index (κ1) is 14.1. The molecular formula is C10H9F3O5. The van der Waals surface area contributed by atoms with Crippen molar-refractivity contribution in [3.05, 3.63) is 23.8 Å². The molecule has 0 saturated carbocycles. The van der Waals surface area contributed by atoms with Crippen LogP contribution in [0.1, 0.15) is 5.56 Å². The lowest BCUT2D eigenvalue weighted by molar-refractivity contribution is -0.267. The summed E-state index contributed by atoms with van der Waals surface area (Å²) in [5.74, 6) is -3.60. The quantitative estimate of drug-likeness (QED) is 0.696. The summed E-state index contributed by atoms with van der Waals surface area (Å²) in [6.45, 7) is 0. The second-order valence-corrected chi connectivity index (χ2v) is 3.40. The Hall–Kier alpha value is -1.96. The smallest absolute Gasteiger partial charge is 0.432 e. The molecule has 1 aromatic carbocycles. The minimum absolute atomic E-state index is 0.523. The van der Waals surface area contributed by atoms with Crippen LogP contribution in [0.15, 0.2) is 18.2 Å². The summed E-state index contributed by atoms with van der Waals surface area (Å²) in [6, 6.07) is 1.93. The Kier molecular flexibility index (Phi) is 3.43. The molecule has 1 atom stereocenters. The van der Waals surface area contributed by atoms with Crippen molar-refractivity contribution in [1.29, 1.82) is 0 Å². The molecule has 0 radical (unpaired) electrons. The van der Waals surface area contributed by atoms with Gasteiger partial charge < -0.3 is 20.1 Å². The van der Waals surface area contributed by atoms with Crippen molar-refractivity contribution in [1.82, 2.24) is 0 Å². The van der Waals surface area contributed by atoms with Crippen molar-refractivity contribution in [3.63, 3.8) is 0 Å². The second-order valence-electron chi connectivity index (χ2n) is 3.40. The van der Waals surface area contributed by atoms with E-state index in [1.165, 1.54) is 0 Å². The van der Waals surface area contributed by atoms with E-state index in [4.69, 9.17) is 5.11 Å². The van der Waals surface area contributed by atoms with Crippen molar-refractivity contribution in [2.24, 2.45) is 0 Å². The zero-order valence-corrected chi connectivity index (χ0v) is 9.02. The molecule has 0 saturated heterocycles. The Morgan fingerprint density at radius 1 is 1.28 bits per heavy atom. The molecule has 18 heavy (non-hydrogen) atoms. The van der Waals surface area contributed by atoms with E-state index in [0.29, 0.717) is 19.2 Å². The first-order valence-corrected chi connectivity index (χ1v) is 4.54. The lowest BCUT2D eigenvalue weighted by atomic mass is 9.92. The molecule has 0 aromatic heterocycles. The average molecular weight is 266 g/mol. The molecule has 0 fully saturated rings. The Labute approximate surface area is 99.0 Å². The molecule has 0 aliphatic heterocycles. The number of aromatic hydroxyl groups is 2. The fraction of sp³-hybridized carbons (Fsp3) is 0.300. The van der Waals surface area contributed by atoms with Crippen molar-refractivity contribution >= 4 is 5.97 Å². The first-order chi connectivity index (χ1) is 8.14. The van der Waals surface area contributed by atoms with Crippen LogP contribution in [0.4, 0.5) is 13.2 Å². The molecule has 0 aliphatic carbocycles. The maximum absolute atomic E-state index is 12.8. The fourth-order valence-electron chi connectivity index (χ4n) is 1.35. The Balaban J connectivity index is 3.50. The standard InChI is InChI=1S/C10H9F3O5/c1-18-8(16)9(17,10(11,12)13)6-3-2-5(14)4-7(6)15/h2-4,14-15,17H,1H3/t9-/m1/s1. The van der Waals surface area contributed by atoms with Crippen LogP contribution in [0.25, 0.3) is 0 Å². The van der Waals surface area contributed by atoms with Gasteiger partial charge in [0.15, 0.2) is 0 Å². The number of esters is 1. The fourth-order valence-corrected chi connectivity index (χ4v) is 1.35. The van der Waals surface area contributed by atoms with Crippen LogP contribution in [0.2, 0.25) is 0 Å². The number of hydrogen-bond donors (Lipinski definition) is 3. The number of carbonyl (C=O) groups is 1. The van der Waals surface area contributed by atoms with Gasteiger partial charge in [-0.1, -0.05) is 0 Å². The SMILES string of the molecule is COC(=O)[C@](O)(c1ccc(O)cc1O)C(F)(F)F. The number of benzene rings is 1. The number of ether oxygens (including phenoxy) is 1. The summed E-state index contributed by atoms with van der Waals surface area (Å²) in [5, 5.41) is 27.8. The summed E-state index contributed by atoms with van der Waals surface area (Å²) in [5.41, 5.74) is -5.13. The number of carbonyl (C=O) groups excluding carboxylic acids is 1. The van der Waals surface area contributed by atoms with Crippen LogP contribution in [-0.2, 0) is 15.1 Å². The van der Waals surface area contributed by atoms with E-state index >= 15 is 0 Å². The van der Waals surface area contributed by atoms with E-state index in [0.717, 1.165) is 6.07 Å². The number of phenols is 2. The van der Waals surface area contributed by atoms with Gasteiger partial charge in [-0.2, -0.15) is 13.2 Å². The van der Waals surface area contributed by atoms with E-state index < -0.39 is 34.8 Å². The first-order valence-electron chi connectivity index (χ1n) is 4.54. The van der Waals surface area contributed by atoms with E-state index in [2.05, 4.69) is 4.74 Å². The van der Waals surface area contributed by atoms with Crippen LogP contribution in [0.3, 0.4) is 0 Å². The minimum atomic E-state index is -5.39. The van der Waals surface area contributed by atoms with Gasteiger partial charge in [-0.15, -0.1) is 0 Å². The van der Waals surface area contributed by atoms with E-state index in [1.54, 1.807) is 0 Å². The lowest BCUT2D eigenvalue weighted by Crippen LogP contribution is -2.49. The maximum Gasteiger partial charge on any atom is 0.432 e. The highest BCUT2D eigenvalue weighted by atomic mass is 19.4. The molecule has 8 heteroatoms. The topological polar surface area (TPSA) is 87.0 Å². The normalized spacial score (nSPS) is 14.9. The van der Waals surface area contributed by atoms with Gasteiger partial charge in [0.1, 0.15) is 11.5 Å². The highest BCUT2D eigenvalue weighted by Crippen LogP contribution is 2.44. The molecule has 1 rings (SSSR count). The predicted molar refractivity (Wildman–Crippen MR) is 51.7 cm³/mol. The number of methoxy groups -OCH3 is 1. The van der Waals surface area contributed by atoms with Crippen molar-refractivity contribution in [3.8, 4) is 11.5 Å². The summed E-state index contributed by atoms with van der Waals surface area (Å²) >= 11 is 0. The predicted octanol–water partition coefficient (Wildman–Crippen LogP) is 1.02. The summed E-state index contributed by atoms with van der Waals surface area (Å²) in [7, 11) is 0.663. The molecular weight excluding hydrogens is 257 g/mol. The summed E-state index contributed by atoms with van der Waals surface area (Å²) < 4.78 is 42.2. The van der Waals surface area contributed by atoms with Crippen LogP contribution in [-0.4, -0.2) is 34.6 Å². The highest BCUT2D eigenvalue weighted by Gasteiger charge is 2.63. The monoisotopic (exact) mass is 266 g/mol. The lowest BCUT2D eigenvalue weighted by Gasteiger charge is -2.28. The van der Waals surface area contributed by atoms with E-state index in [1.807, 2.05) is 0 Å². The van der Waals surface area contributed by atoms with E-state index in [-0.39, 0.29) is 0 Å². The zero-order valence-electron chi connectivity index (χ0n) is 9.02. The number of aliphatic hydroxyl groups is 1. The van der Waals surface area contributed by atoms with Gasteiger partial charge in [0.2, 0.25) is 0 Å². The Bertz CT molecular complexity index is 471. The molecule has 5 nitrogen and oxygen atoms in total. The maximum atomic E-state index is 12.8. The van der Waals surface area contributed by atoms with Gasteiger partial charge in [-0.3, -0.25) is 0 Å². The molecule has 0 unspecified atom stereocenters. The zero-order chi connectivity index (χ0) is 14.1. The minimum Gasteiger partial charge on any atom is -0.508 e. The van der Waals surface area contributed by atoms with Gasteiger partial charge in [0.05, 0.1) is 7.11 Å². The van der Waals surface area contributed by atoms with Crippen LogP contribution in [0, 0.1) is 0 Å². The van der Waals surface area contributed by atoms with Gasteiger partial charge >= 0.3 is 12.1 Å². The Morgan fingerprint density at radius 2 is 1.83 bits per heavy atom. The van der Waals surface area contributed by atoms with Crippen LogP contribution >= 0.6 is 0 Å². The molecule has 1 aromatic rings. The van der Waals surface area contributed by atoms with Crippen LogP contribution < -0.4 is 0 Å². The van der Waals surface area contributed by atoms with Crippen molar-refractivity contribution in [2.45, 2.75) is 11.8 Å². The summed E-state index contributed by atoms with van der Waals surface area (Å²) in [4.78, 5) is 11.2. The van der Waals surface area contributed by atoms with Gasteiger partial charge in [-0.05, 0) is 12.1 Å². The van der Waals surface area contributed by atoms with Crippen molar-refractivity contribution in [2.75, 3.05) is 7.11 Å². The molecule has 3 N–H and O–H groups in total. The summed E-state index contributed by atoms with van der Waals surface area (Å²) in [6.07, 6.45) is -5.39. The van der Waals surface area contributed by atoms with Gasteiger partial charge in [-0.25, -0.2) is 4.79 Å². The number of hydrogen-bond acceptors (Lipinski definition) is 5. The molecule has 0 spiro atoms. The number of rotatable bonds is 2. The average Bonchev–Trinajstić information content (AvgIpc) is 2.25. The van der Waals surface area contributed by atoms with Gasteiger partial charge in [0, 0.05) is 11.6 Å². The number of phenolic OH excluding ortho intramolecular Hbond substituents is 2. The highest BCUT2D eigenvalue weighted by molar-refractivity contribution is 5.83. The van der Waals surface area contributed by atoms with E-state index in [9.17, 15) is 28.2 Å². The number of halogens is 3. The van der Waals surface area contributed by atoms with Crippen molar-refractivity contribution < 1.29 is 38.0 Å². The largest absolute Gasteiger partial charge is 0.508 e. The third-order valence-corrected chi connectivity index (χ3v) is 2.26. The Morgan fingerprint density at radius 3 is 2.22 bits per heavy atom. The second kappa shape index (κ2) is 4.37. The molecule has 0 bridgehead atoms. The molecule has 0 heterocycles. The molecule has 100 valence electrons. The third kappa shape index (κ3) is 2.06. The molecule has 0 aliphatic rings. The number of alkyl halides is 3. The van der Waals surface area contributed by atoms with Crippen LogP contribution in [0.5, 0.6) is 11.5 Å².